The molecule has 1 fully saturated rings. The molecule has 1 aromatic carbocycles. The first-order valence-electron chi connectivity index (χ1n) is 8.84. The van der Waals surface area contributed by atoms with Crippen molar-refractivity contribution in [3.8, 4) is 5.75 Å². The van der Waals surface area contributed by atoms with Gasteiger partial charge in [0.05, 0.1) is 12.3 Å². The van der Waals surface area contributed by atoms with Gasteiger partial charge in [0.15, 0.2) is 0 Å². The van der Waals surface area contributed by atoms with Crippen LogP contribution in [0.25, 0.3) is 0 Å². The molecule has 1 aromatic rings. The zero-order valence-electron chi connectivity index (χ0n) is 14.7. The molecule has 0 bridgehead atoms. The fraction of sp³-hybridized carbons (Fsp3) is 0.632. The smallest absolute Gasteiger partial charge is 0.224 e. The van der Waals surface area contributed by atoms with Crippen LogP contribution in [0.1, 0.15) is 45.1 Å². The van der Waals surface area contributed by atoms with Crippen molar-refractivity contribution < 1.29 is 9.53 Å². The Labute approximate surface area is 140 Å². The number of amides is 1. The molecule has 128 valence electrons. The maximum atomic E-state index is 12.4. The number of carbonyl (C=O) groups is 1. The van der Waals surface area contributed by atoms with E-state index in [1.54, 1.807) is 0 Å². The molecule has 1 saturated heterocycles. The van der Waals surface area contributed by atoms with Gasteiger partial charge in [0.2, 0.25) is 5.91 Å². The molecule has 0 saturated carbocycles. The summed E-state index contributed by atoms with van der Waals surface area (Å²) in [5.74, 6) is 1.84. The number of nitrogens with one attached hydrogen (secondary N) is 2. The van der Waals surface area contributed by atoms with Gasteiger partial charge in [-0.25, -0.2) is 0 Å². The molecule has 0 aromatic heterocycles. The molecule has 23 heavy (non-hydrogen) atoms. The monoisotopic (exact) mass is 318 g/mol. The Hall–Kier alpha value is -1.55. The predicted octanol–water partition coefficient (Wildman–Crippen LogP) is 3.75. The van der Waals surface area contributed by atoms with E-state index in [0.29, 0.717) is 24.9 Å². The van der Waals surface area contributed by atoms with Crippen molar-refractivity contribution in [3.05, 3.63) is 23.8 Å². The number of piperidine rings is 1. The molecule has 1 aliphatic rings. The average Bonchev–Trinajstić information content (AvgIpc) is 2.55. The largest absolute Gasteiger partial charge is 0.491 e. The molecule has 2 unspecified atom stereocenters. The topological polar surface area (TPSA) is 50.4 Å². The van der Waals surface area contributed by atoms with Crippen molar-refractivity contribution >= 4 is 11.6 Å². The fourth-order valence-electron chi connectivity index (χ4n) is 3.09. The first-order valence-corrected chi connectivity index (χ1v) is 8.84. The number of carbonyl (C=O) groups excluding carboxylic acids is 1. The molecule has 0 radical (unpaired) electrons. The zero-order valence-corrected chi connectivity index (χ0v) is 14.7. The van der Waals surface area contributed by atoms with Gasteiger partial charge in [-0.15, -0.1) is 0 Å². The summed E-state index contributed by atoms with van der Waals surface area (Å²) >= 11 is 0. The van der Waals surface area contributed by atoms with Crippen molar-refractivity contribution in [1.82, 2.24) is 5.32 Å². The number of benzene rings is 1. The van der Waals surface area contributed by atoms with Crippen LogP contribution < -0.4 is 15.4 Å². The first kappa shape index (κ1) is 17.8. The summed E-state index contributed by atoms with van der Waals surface area (Å²) in [6, 6.07) is 5.92. The summed E-state index contributed by atoms with van der Waals surface area (Å²) in [6.07, 6.45) is 3.95. The number of aryl methyl sites for hydroxylation is 1. The Bertz CT molecular complexity index is 510. The third kappa shape index (κ3) is 5.54. The number of ether oxygens (including phenoxy) is 1. The lowest BCUT2D eigenvalue weighted by Gasteiger charge is -2.28. The van der Waals surface area contributed by atoms with E-state index in [9.17, 15) is 4.79 Å². The minimum absolute atomic E-state index is 0.0771. The average molecular weight is 318 g/mol. The summed E-state index contributed by atoms with van der Waals surface area (Å²) in [5, 5.41) is 6.46. The second-order valence-corrected chi connectivity index (χ2v) is 6.68. The van der Waals surface area contributed by atoms with Crippen molar-refractivity contribution in [2.24, 2.45) is 11.8 Å². The van der Waals surface area contributed by atoms with Gasteiger partial charge in [0.1, 0.15) is 5.75 Å². The van der Waals surface area contributed by atoms with Gasteiger partial charge in [-0.2, -0.15) is 0 Å². The van der Waals surface area contributed by atoms with E-state index in [1.807, 2.05) is 25.1 Å². The standard InChI is InChI=1S/C19H30N2O2/c1-4-10-23-18-11-14(2)7-8-17(18)21-19(22)12-15(3)16-6-5-9-20-13-16/h7-8,11,15-16,20H,4-6,9-10,12-13H2,1-3H3,(H,21,22). The van der Waals surface area contributed by atoms with E-state index in [4.69, 9.17) is 4.74 Å². The molecule has 4 nitrogen and oxygen atoms in total. The van der Waals surface area contributed by atoms with Crippen LogP contribution in [0.5, 0.6) is 5.75 Å². The van der Waals surface area contributed by atoms with E-state index in [1.165, 1.54) is 12.8 Å². The Morgan fingerprint density at radius 2 is 2.30 bits per heavy atom. The van der Waals surface area contributed by atoms with Gasteiger partial charge in [-0.1, -0.05) is 19.9 Å². The third-order valence-electron chi connectivity index (χ3n) is 4.52. The van der Waals surface area contributed by atoms with Crippen molar-refractivity contribution in [2.75, 3.05) is 25.0 Å². The second-order valence-electron chi connectivity index (χ2n) is 6.68. The molecule has 2 rings (SSSR count). The highest BCUT2D eigenvalue weighted by Crippen LogP contribution is 2.27. The SMILES string of the molecule is CCCOc1cc(C)ccc1NC(=O)CC(C)C1CCCNC1. The molecule has 1 heterocycles. The Morgan fingerprint density at radius 1 is 1.48 bits per heavy atom. The van der Waals surface area contributed by atoms with Gasteiger partial charge < -0.3 is 15.4 Å². The molecule has 2 atom stereocenters. The van der Waals surface area contributed by atoms with Crippen LogP contribution in [0.4, 0.5) is 5.69 Å². The highest BCUT2D eigenvalue weighted by Gasteiger charge is 2.22. The number of hydrogen-bond acceptors (Lipinski definition) is 3. The van der Waals surface area contributed by atoms with E-state index < -0.39 is 0 Å². The summed E-state index contributed by atoms with van der Waals surface area (Å²) in [5.41, 5.74) is 1.92. The quantitative estimate of drug-likeness (QED) is 0.805. The van der Waals surface area contributed by atoms with Crippen molar-refractivity contribution in [1.29, 1.82) is 0 Å². The summed E-state index contributed by atoms with van der Waals surface area (Å²) in [4.78, 5) is 12.4. The number of hydrogen-bond donors (Lipinski definition) is 2. The van der Waals surface area contributed by atoms with E-state index in [-0.39, 0.29) is 5.91 Å². The van der Waals surface area contributed by atoms with Crippen LogP contribution in [0.2, 0.25) is 0 Å². The summed E-state index contributed by atoms with van der Waals surface area (Å²) in [6.45, 7) is 9.09. The molecule has 4 heteroatoms. The Morgan fingerprint density at radius 3 is 3.00 bits per heavy atom. The Kier molecular flexibility index (Phi) is 6.90. The summed E-state index contributed by atoms with van der Waals surface area (Å²) in [7, 11) is 0. The first-order chi connectivity index (χ1) is 11.1. The minimum Gasteiger partial charge on any atom is -0.491 e. The van der Waals surface area contributed by atoms with E-state index in [2.05, 4.69) is 24.5 Å². The summed E-state index contributed by atoms with van der Waals surface area (Å²) < 4.78 is 5.76. The van der Waals surface area contributed by atoms with Crippen LogP contribution in [0.15, 0.2) is 18.2 Å². The normalized spacial score (nSPS) is 19.2. The maximum Gasteiger partial charge on any atom is 0.224 e. The fourth-order valence-corrected chi connectivity index (χ4v) is 3.09. The molecule has 1 aliphatic heterocycles. The van der Waals surface area contributed by atoms with Crippen LogP contribution in [-0.2, 0) is 4.79 Å². The molecule has 1 amide bonds. The van der Waals surface area contributed by atoms with E-state index in [0.717, 1.165) is 36.5 Å². The number of anilines is 1. The zero-order chi connectivity index (χ0) is 16.7. The van der Waals surface area contributed by atoms with Crippen LogP contribution >= 0.6 is 0 Å². The minimum atomic E-state index is 0.0771. The van der Waals surface area contributed by atoms with Gasteiger partial charge in [0, 0.05) is 6.42 Å². The van der Waals surface area contributed by atoms with Crippen molar-refractivity contribution in [3.63, 3.8) is 0 Å². The van der Waals surface area contributed by atoms with Gasteiger partial charge in [-0.3, -0.25) is 4.79 Å². The lowest BCUT2D eigenvalue weighted by atomic mass is 9.85. The van der Waals surface area contributed by atoms with Gasteiger partial charge in [0.25, 0.3) is 0 Å². The van der Waals surface area contributed by atoms with Crippen molar-refractivity contribution in [2.45, 2.75) is 46.5 Å². The highest BCUT2D eigenvalue weighted by molar-refractivity contribution is 5.92. The lowest BCUT2D eigenvalue weighted by molar-refractivity contribution is -0.117. The van der Waals surface area contributed by atoms with Crippen LogP contribution in [-0.4, -0.2) is 25.6 Å². The maximum absolute atomic E-state index is 12.4. The Balaban J connectivity index is 1.93. The molecule has 0 spiro atoms. The number of rotatable bonds is 7. The van der Waals surface area contributed by atoms with E-state index >= 15 is 0 Å². The predicted molar refractivity (Wildman–Crippen MR) is 95.0 cm³/mol. The van der Waals surface area contributed by atoms with Crippen LogP contribution in [0, 0.1) is 18.8 Å². The van der Waals surface area contributed by atoms with Gasteiger partial charge in [-0.05, 0) is 68.8 Å². The second kappa shape index (κ2) is 8.92. The molecule has 2 N–H and O–H groups in total. The third-order valence-corrected chi connectivity index (χ3v) is 4.52. The molecular formula is C19H30N2O2. The highest BCUT2D eigenvalue weighted by atomic mass is 16.5. The van der Waals surface area contributed by atoms with Crippen LogP contribution in [0.3, 0.4) is 0 Å². The lowest BCUT2D eigenvalue weighted by Crippen LogP contribution is -2.34. The van der Waals surface area contributed by atoms with Gasteiger partial charge >= 0.3 is 0 Å². The molecular weight excluding hydrogens is 288 g/mol. The molecule has 0 aliphatic carbocycles.